The quantitative estimate of drug-likeness (QED) is 0.490. The van der Waals surface area contributed by atoms with Gasteiger partial charge in [-0.1, -0.05) is 41.5 Å². The van der Waals surface area contributed by atoms with Gasteiger partial charge in [-0.2, -0.15) is 0 Å². The molecule has 0 amide bonds. The second-order valence-electron chi connectivity index (χ2n) is 7.77. The van der Waals surface area contributed by atoms with Crippen LogP contribution < -0.4 is 0 Å². The van der Waals surface area contributed by atoms with Crippen LogP contribution in [0.2, 0.25) is 0 Å². The Kier molecular flexibility index (Phi) is 8.90. The van der Waals surface area contributed by atoms with Crippen molar-refractivity contribution in [3.05, 3.63) is 57.6 Å². The maximum atomic E-state index is 11.0. The molecule has 6 nitrogen and oxygen atoms in total. The number of carboxylic acid groups (broad SMARTS) is 2. The Balaban J connectivity index is 0.000000303. The first-order chi connectivity index (χ1) is 13.9. The predicted molar refractivity (Wildman–Crippen MR) is 117 cm³/mol. The highest BCUT2D eigenvalue weighted by Crippen LogP contribution is 2.34. The summed E-state index contributed by atoms with van der Waals surface area (Å²) in [4.78, 5) is 21.7. The average Bonchev–Trinajstić information content (AvgIpc) is 2.67. The van der Waals surface area contributed by atoms with E-state index in [0.29, 0.717) is 35.1 Å². The van der Waals surface area contributed by atoms with Gasteiger partial charge in [0, 0.05) is 0 Å². The smallest absolute Gasteiger partial charge is 0.335 e. The minimum Gasteiger partial charge on any atom is -0.507 e. The van der Waals surface area contributed by atoms with Crippen molar-refractivity contribution in [2.75, 3.05) is 0 Å². The summed E-state index contributed by atoms with van der Waals surface area (Å²) in [6, 6.07) is 6.15. The van der Waals surface area contributed by atoms with Crippen molar-refractivity contribution in [1.82, 2.24) is 0 Å². The summed E-state index contributed by atoms with van der Waals surface area (Å²) in [5.41, 5.74) is 3.28. The van der Waals surface area contributed by atoms with Crippen molar-refractivity contribution >= 4 is 11.9 Å². The molecule has 0 spiro atoms. The molecule has 0 aliphatic heterocycles. The monoisotopic (exact) mass is 416 g/mol. The molecule has 164 valence electrons. The Morgan fingerprint density at radius 2 is 1.03 bits per heavy atom. The van der Waals surface area contributed by atoms with Crippen LogP contribution in [-0.4, -0.2) is 32.4 Å². The third-order valence-electron chi connectivity index (χ3n) is 4.94. The fourth-order valence-electron chi connectivity index (χ4n) is 3.11. The molecule has 30 heavy (non-hydrogen) atoms. The number of aromatic hydroxyl groups is 2. The van der Waals surface area contributed by atoms with Crippen LogP contribution >= 0.6 is 0 Å². The molecular weight excluding hydrogens is 384 g/mol. The van der Waals surface area contributed by atoms with Crippen molar-refractivity contribution in [1.29, 1.82) is 0 Å². The van der Waals surface area contributed by atoms with E-state index in [9.17, 15) is 19.8 Å². The average molecular weight is 417 g/mol. The lowest BCUT2D eigenvalue weighted by Gasteiger charge is -2.16. The Morgan fingerprint density at radius 1 is 0.700 bits per heavy atom. The summed E-state index contributed by atoms with van der Waals surface area (Å²) in [7, 11) is 0. The molecule has 0 aliphatic rings. The number of phenolic OH excluding ortho intramolecular Hbond substituents is 2. The number of hydrogen-bond donors (Lipinski definition) is 4. The molecule has 0 atom stereocenters. The van der Waals surface area contributed by atoms with Crippen LogP contribution in [0.5, 0.6) is 11.5 Å². The highest BCUT2D eigenvalue weighted by atomic mass is 16.4. The van der Waals surface area contributed by atoms with Gasteiger partial charge in [0.15, 0.2) is 0 Å². The molecule has 0 aliphatic carbocycles. The first-order valence-corrected chi connectivity index (χ1v) is 10.1. The maximum absolute atomic E-state index is 11.0. The zero-order valence-electron chi connectivity index (χ0n) is 18.5. The van der Waals surface area contributed by atoms with Gasteiger partial charge in [0.2, 0.25) is 0 Å². The summed E-state index contributed by atoms with van der Waals surface area (Å²) < 4.78 is 0. The maximum Gasteiger partial charge on any atom is 0.335 e. The summed E-state index contributed by atoms with van der Waals surface area (Å²) in [5, 5.41) is 37.6. The molecule has 0 aromatic heterocycles. The van der Waals surface area contributed by atoms with E-state index in [1.165, 1.54) is 12.1 Å². The SMILES string of the molecule is CC(C)c1cc(C(=O)O)cc(C(C)C)c1O.CCc1cc(C(=O)O)cc(CC)c1O. The van der Waals surface area contributed by atoms with Gasteiger partial charge in [0.25, 0.3) is 0 Å². The molecule has 0 fully saturated rings. The predicted octanol–water partition coefficient (Wildman–Crippen LogP) is 5.55. The molecular formula is C24H32O6. The molecule has 2 rings (SSSR count). The van der Waals surface area contributed by atoms with Crippen LogP contribution in [0, 0.1) is 0 Å². The fourth-order valence-corrected chi connectivity index (χ4v) is 3.11. The highest BCUT2D eigenvalue weighted by molar-refractivity contribution is 5.89. The highest BCUT2D eigenvalue weighted by Gasteiger charge is 2.17. The summed E-state index contributed by atoms with van der Waals surface area (Å²) >= 11 is 0. The molecule has 0 heterocycles. The van der Waals surface area contributed by atoms with Crippen LogP contribution in [0.4, 0.5) is 0 Å². The van der Waals surface area contributed by atoms with E-state index in [1.807, 2.05) is 41.5 Å². The second-order valence-corrected chi connectivity index (χ2v) is 7.77. The summed E-state index contributed by atoms with van der Waals surface area (Å²) in [5.74, 6) is -1.22. The Morgan fingerprint density at radius 3 is 1.30 bits per heavy atom. The van der Waals surface area contributed by atoms with Gasteiger partial charge in [-0.05, 0) is 71.2 Å². The Bertz CT molecular complexity index is 858. The van der Waals surface area contributed by atoms with E-state index in [1.54, 1.807) is 12.1 Å². The zero-order valence-corrected chi connectivity index (χ0v) is 18.5. The van der Waals surface area contributed by atoms with Crippen molar-refractivity contribution in [2.45, 2.75) is 66.2 Å². The largest absolute Gasteiger partial charge is 0.507 e. The lowest BCUT2D eigenvalue weighted by Crippen LogP contribution is -2.03. The van der Waals surface area contributed by atoms with Crippen LogP contribution in [0.25, 0.3) is 0 Å². The molecule has 4 N–H and O–H groups in total. The van der Waals surface area contributed by atoms with Crippen molar-refractivity contribution in [3.8, 4) is 11.5 Å². The number of carboxylic acids is 2. The van der Waals surface area contributed by atoms with E-state index in [2.05, 4.69) is 0 Å². The Labute approximate surface area is 177 Å². The zero-order chi connectivity index (χ0) is 23.2. The van der Waals surface area contributed by atoms with Crippen LogP contribution in [-0.2, 0) is 12.8 Å². The van der Waals surface area contributed by atoms with Gasteiger partial charge < -0.3 is 20.4 Å². The number of aromatic carboxylic acids is 2. The Hall–Kier alpha value is -3.02. The lowest BCUT2D eigenvalue weighted by atomic mass is 9.91. The molecule has 0 bridgehead atoms. The third-order valence-corrected chi connectivity index (χ3v) is 4.94. The number of carbonyl (C=O) groups is 2. The first-order valence-electron chi connectivity index (χ1n) is 10.1. The van der Waals surface area contributed by atoms with Gasteiger partial charge in [0.05, 0.1) is 11.1 Å². The molecule has 0 saturated carbocycles. The molecule has 2 aromatic carbocycles. The van der Waals surface area contributed by atoms with E-state index >= 15 is 0 Å². The van der Waals surface area contributed by atoms with Crippen LogP contribution in [0.1, 0.15) is 96.3 Å². The summed E-state index contributed by atoms with van der Waals surface area (Å²) in [6.07, 6.45) is 1.28. The van der Waals surface area contributed by atoms with Gasteiger partial charge in [-0.25, -0.2) is 9.59 Å². The topological polar surface area (TPSA) is 115 Å². The van der Waals surface area contributed by atoms with Gasteiger partial charge >= 0.3 is 11.9 Å². The number of rotatable bonds is 6. The molecule has 0 saturated heterocycles. The van der Waals surface area contributed by atoms with E-state index < -0.39 is 11.9 Å². The van der Waals surface area contributed by atoms with Gasteiger partial charge in [-0.15, -0.1) is 0 Å². The number of phenols is 2. The molecule has 0 radical (unpaired) electrons. The van der Waals surface area contributed by atoms with Crippen molar-refractivity contribution in [2.24, 2.45) is 0 Å². The van der Waals surface area contributed by atoms with E-state index in [4.69, 9.17) is 10.2 Å². The van der Waals surface area contributed by atoms with Crippen molar-refractivity contribution in [3.63, 3.8) is 0 Å². The lowest BCUT2D eigenvalue weighted by molar-refractivity contribution is 0.0685. The molecule has 2 aromatic rings. The van der Waals surface area contributed by atoms with E-state index in [-0.39, 0.29) is 34.5 Å². The normalized spacial score (nSPS) is 10.7. The fraction of sp³-hybridized carbons (Fsp3) is 0.417. The van der Waals surface area contributed by atoms with Crippen LogP contribution in [0.3, 0.4) is 0 Å². The van der Waals surface area contributed by atoms with Crippen LogP contribution in [0.15, 0.2) is 24.3 Å². The van der Waals surface area contributed by atoms with Gasteiger partial charge in [0.1, 0.15) is 11.5 Å². The third kappa shape index (κ3) is 5.99. The molecule has 0 unspecified atom stereocenters. The number of hydrogen-bond acceptors (Lipinski definition) is 4. The standard InChI is InChI=1S/C13H18O3.C11H14O3/c1-7(2)10-5-9(13(15)16)6-11(8(3)4)12(10)14;1-3-7-5-9(11(13)14)6-8(4-2)10(7)12/h5-8,14H,1-4H3,(H,15,16);5-6,12H,3-4H2,1-2H3,(H,13,14). The van der Waals surface area contributed by atoms with E-state index in [0.717, 1.165) is 0 Å². The second kappa shape index (κ2) is 10.7. The minimum absolute atomic E-state index is 0.108. The van der Waals surface area contributed by atoms with Gasteiger partial charge in [-0.3, -0.25) is 0 Å². The van der Waals surface area contributed by atoms with Crippen molar-refractivity contribution < 1.29 is 30.0 Å². The first kappa shape index (κ1) is 25.0. The molecule has 6 heteroatoms. The summed E-state index contributed by atoms with van der Waals surface area (Å²) in [6.45, 7) is 11.5. The number of aryl methyl sites for hydroxylation is 2. The number of benzene rings is 2. The minimum atomic E-state index is -0.955.